The van der Waals surface area contributed by atoms with Crippen LogP contribution in [0.15, 0.2) is 0 Å². The second-order valence-corrected chi connectivity index (χ2v) is 11.1. The summed E-state index contributed by atoms with van der Waals surface area (Å²) in [6.07, 6.45) is 28.9. The van der Waals surface area contributed by atoms with Gasteiger partial charge < -0.3 is 5.73 Å². The van der Waals surface area contributed by atoms with Crippen molar-refractivity contribution in [2.75, 3.05) is 0 Å². The molecule has 0 heterocycles. The summed E-state index contributed by atoms with van der Waals surface area (Å²) in [4.78, 5) is 0. The van der Waals surface area contributed by atoms with Gasteiger partial charge in [-0.2, -0.15) is 8.42 Å². The van der Waals surface area contributed by atoms with Crippen molar-refractivity contribution in [2.24, 2.45) is 11.7 Å². The van der Waals surface area contributed by atoms with E-state index in [0.717, 1.165) is 0 Å². The highest BCUT2D eigenvalue weighted by Gasteiger charge is 2.30. The van der Waals surface area contributed by atoms with Gasteiger partial charge in [0.05, 0.1) is 0 Å². The third kappa shape index (κ3) is 28.0. The molecule has 0 saturated carbocycles. The molecule has 0 saturated heterocycles. The normalized spacial score (nSPS) is 12.9. The summed E-state index contributed by atoms with van der Waals surface area (Å²) >= 11 is 0. The molecule has 0 bridgehead atoms. The molecule has 33 heavy (non-hydrogen) atoms. The molecular weight excluding hydrogens is 434 g/mol. The molecule has 0 aromatic rings. The van der Waals surface area contributed by atoms with Gasteiger partial charge in [0.2, 0.25) is 0 Å². The van der Waals surface area contributed by atoms with Crippen LogP contribution in [0.3, 0.4) is 0 Å². The van der Waals surface area contributed by atoms with Crippen LogP contribution < -0.4 is 5.73 Å². The van der Waals surface area contributed by atoms with Crippen molar-refractivity contribution >= 4 is 10.4 Å². The summed E-state index contributed by atoms with van der Waals surface area (Å²) < 4.78 is 31.6. The Kier molecular flexibility index (Phi) is 25.0. The van der Waals surface area contributed by atoms with E-state index in [1.54, 1.807) is 0 Å². The Labute approximate surface area is 207 Å². The van der Waals surface area contributed by atoms with Gasteiger partial charge in [0.25, 0.3) is 0 Å². The highest BCUT2D eigenvalue weighted by Crippen LogP contribution is 2.31. The zero-order chi connectivity index (χ0) is 25.4. The van der Waals surface area contributed by atoms with Crippen LogP contribution in [0.25, 0.3) is 0 Å². The van der Waals surface area contributed by atoms with E-state index in [1.165, 1.54) is 135 Å². The van der Waals surface area contributed by atoms with E-state index >= 15 is 0 Å². The summed E-state index contributed by atoms with van der Waals surface area (Å²) in [5, 5.41) is 0. The first-order valence-electron chi connectivity index (χ1n) is 14.1. The van der Waals surface area contributed by atoms with Crippen LogP contribution in [-0.2, 0) is 10.4 Å². The Balaban J connectivity index is 0. The van der Waals surface area contributed by atoms with Gasteiger partial charge in [-0.1, -0.05) is 143 Å². The van der Waals surface area contributed by atoms with Gasteiger partial charge in [-0.15, -0.1) is 0 Å². The maximum atomic E-state index is 8.74. The highest BCUT2D eigenvalue weighted by atomic mass is 32.3. The van der Waals surface area contributed by atoms with Crippen LogP contribution in [-0.4, -0.2) is 23.1 Å². The second-order valence-electron chi connectivity index (χ2n) is 10.2. The van der Waals surface area contributed by atoms with Gasteiger partial charge in [0.1, 0.15) is 0 Å². The smallest absolute Gasteiger partial charge is 0.325 e. The van der Waals surface area contributed by atoms with Crippen molar-refractivity contribution in [2.45, 2.75) is 168 Å². The van der Waals surface area contributed by atoms with Crippen molar-refractivity contribution in [1.82, 2.24) is 0 Å². The molecule has 1 unspecified atom stereocenters. The largest absolute Gasteiger partial charge is 0.394 e. The molecule has 4 N–H and O–H groups in total. The molecule has 0 spiro atoms. The highest BCUT2D eigenvalue weighted by molar-refractivity contribution is 7.79. The van der Waals surface area contributed by atoms with E-state index < -0.39 is 10.4 Å². The summed E-state index contributed by atoms with van der Waals surface area (Å²) in [7, 11) is -4.67. The van der Waals surface area contributed by atoms with Crippen LogP contribution in [0.4, 0.5) is 0 Å². The summed E-state index contributed by atoms with van der Waals surface area (Å²) in [6, 6.07) is 0. The molecule has 6 heteroatoms. The molecule has 202 valence electrons. The van der Waals surface area contributed by atoms with Crippen LogP contribution >= 0.6 is 0 Å². The second kappa shape index (κ2) is 23.6. The van der Waals surface area contributed by atoms with Gasteiger partial charge in [-0.05, 0) is 25.2 Å². The first-order chi connectivity index (χ1) is 15.6. The molecule has 5 nitrogen and oxygen atoms in total. The van der Waals surface area contributed by atoms with Gasteiger partial charge in [-0.25, -0.2) is 0 Å². The van der Waals surface area contributed by atoms with Gasteiger partial charge >= 0.3 is 10.4 Å². The predicted octanol–water partition coefficient (Wildman–Crippen LogP) is 8.92. The van der Waals surface area contributed by atoms with Crippen molar-refractivity contribution in [3.8, 4) is 0 Å². The Morgan fingerprint density at radius 3 is 1.21 bits per heavy atom. The van der Waals surface area contributed by atoms with Gasteiger partial charge in [0.15, 0.2) is 0 Å². The first kappa shape index (κ1) is 35.0. The Morgan fingerprint density at radius 1 is 0.606 bits per heavy atom. The van der Waals surface area contributed by atoms with Gasteiger partial charge in [-0.3, -0.25) is 9.11 Å². The fourth-order valence-electron chi connectivity index (χ4n) is 4.61. The lowest BCUT2D eigenvalue weighted by Crippen LogP contribution is -2.46. The minimum absolute atomic E-state index is 0.0962. The minimum atomic E-state index is -4.67. The van der Waals surface area contributed by atoms with E-state index in [9.17, 15) is 0 Å². The molecule has 0 aliphatic heterocycles. The van der Waals surface area contributed by atoms with Crippen LogP contribution in [0.1, 0.15) is 163 Å². The molecule has 1 atom stereocenters. The minimum Gasteiger partial charge on any atom is -0.325 e. The monoisotopic (exact) mass is 493 g/mol. The predicted molar refractivity (Wildman–Crippen MR) is 144 cm³/mol. The molecule has 0 aliphatic rings. The van der Waals surface area contributed by atoms with Crippen molar-refractivity contribution < 1.29 is 17.5 Å². The lowest BCUT2D eigenvalue weighted by atomic mass is 9.75. The maximum Gasteiger partial charge on any atom is 0.394 e. The van der Waals surface area contributed by atoms with E-state index in [4.69, 9.17) is 23.3 Å². The van der Waals surface area contributed by atoms with Crippen molar-refractivity contribution in [1.29, 1.82) is 0 Å². The molecule has 0 fully saturated rings. The van der Waals surface area contributed by atoms with Crippen molar-refractivity contribution in [3.05, 3.63) is 0 Å². The average molecular weight is 494 g/mol. The fraction of sp³-hybridized carbons (Fsp3) is 1.00. The summed E-state index contributed by atoms with van der Waals surface area (Å²) in [5.74, 6) is 0.685. The molecule has 0 amide bonds. The lowest BCUT2D eigenvalue weighted by molar-refractivity contribution is 0.220. The zero-order valence-electron chi connectivity index (χ0n) is 22.6. The first-order valence-corrected chi connectivity index (χ1v) is 15.5. The van der Waals surface area contributed by atoms with E-state index in [2.05, 4.69) is 27.7 Å². The average Bonchev–Trinajstić information content (AvgIpc) is 2.74. The SMILES string of the molecule is CCCCCCCCC(C)C(N)(CCCCCCCC)CCCCCCCC.O=S(=O)(O)O. The quantitative estimate of drug-likeness (QED) is 0.103. The van der Waals surface area contributed by atoms with E-state index in [0.29, 0.717) is 5.92 Å². The summed E-state index contributed by atoms with van der Waals surface area (Å²) in [5.41, 5.74) is 7.18. The topological polar surface area (TPSA) is 101 Å². The third-order valence-electron chi connectivity index (χ3n) is 6.96. The molecule has 0 aromatic carbocycles. The van der Waals surface area contributed by atoms with Crippen molar-refractivity contribution in [3.63, 3.8) is 0 Å². The molecule has 0 radical (unpaired) electrons. The Hall–Kier alpha value is -0.170. The number of nitrogens with two attached hydrogens (primary N) is 1. The standard InChI is InChI=1S/C27H57N.H2O4S/c1-5-8-11-14-17-20-23-26(4)27(28,24-21-18-15-12-9-6-2)25-22-19-16-13-10-7-3;1-5(2,3)4/h26H,5-25,28H2,1-4H3;(H2,1,2,3,4). The molecular formula is C27H59NO4S. The number of rotatable bonds is 22. The fourth-order valence-corrected chi connectivity index (χ4v) is 4.61. The third-order valence-corrected chi connectivity index (χ3v) is 6.96. The van der Waals surface area contributed by atoms with E-state index in [1.807, 2.05) is 0 Å². The number of hydrogen-bond acceptors (Lipinski definition) is 3. The van der Waals surface area contributed by atoms with E-state index in [-0.39, 0.29) is 5.54 Å². The molecule has 0 aliphatic carbocycles. The van der Waals surface area contributed by atoms with Crippen LogP contribution in [0.2, 0.25) is 0 Å². The lowest BCUT2D eigenvalue weighted by Gasteiger charge is -2.36. The Bertz CT molecular complexity index is 472. The number of unbranched alkanes of at least 4 members (excludes halogenated alkanes) is 15. The van der Waals surface area contributed by atoms with Gasteiger partial charge in [0, 0.05) is 5.54 Å². The van der Waals surface area contributed by atoms with Crippen LogP contribution in [0.5, 0.6) is 0 Å². The molecule has 0 aromatic heterocycles. The Morgan fingerprint density at radius 2 is 0.879 bits per heavy atom. The zero-order valence-corrected chi connectivity index (χ0v) is 23.4. The van der Waals surface area contributed by atoms with Crippen LogP contribution in [0, 0.1) is 5.92 Å². The maximum absolute atomic E-state index is 8.74. The summed E-state index contributed by atoms with van der Waals surface area (Å²) in [6.45, 7) is 9.36. The molecule has 0 rings (SSSR count). The number of hydrogen-bond donors (Lipinski definition) is 3.